The van der Waals surface area contributed by atoms with Gasteiger partial charge in [-0.15, -0.1) is 0 Å². The van der Waals surface area contributed by atoms with Crippen LogP contribution in [0, 0.1) is 6.92 Å². The second-order valence-electron chi connectivity index (χ2n) is 8.17. The molecule has 144 valence electrons. The SMILES string of the molecule is Cc1cc(-c2cccc3c2COCC3C(C)OC(=O)NC(C)(C)C)ccn1. The van der Waals surface area contributed by atoms with Gasteiger partial charge in [-0.1, -0.05) is 18.2 Å². The fourth-order valence-electron chi connectivity index (χ4n) is 3.45. The highest BCUT2D eigenvalue weighted by molar-refractivity contribution is 5.70. The van der Waals surface area contributed by atoms with Crippen LogP contribution in [-0.2, 0) is 16.1 Å². The Balaban J connectivity index is 1.86. The highest BCUT2D eigenvalue weighted by Crippen LogP contribution is 2.36. The molecule has 2 atom stereocenters. The highest BCUT2D eigenvalue weighted by atomic mass is 16.6. The van der Waals surface area contributed by atoms with E-state index in [-0.39, 0.29) is 17.6 Å². The Labute approximate surface area is 161 Å². The zero-order chi connectivity index (χ0) is 19.6. The molecule has 1 aliphatic rings. The molecule has 0 aliphatic carbocycles. The number of aryl methyl sites for hydroxylation is 1. The summed E-state index contributed by atoms with van der Waals surface area (Å²) in [4.78, 5) is 16.5. The predicted octanol–water partition coefficient (Wildman–Crippen LogP) is 4.58. The summed E-state index contributed by atoms with van der Waals surface area (Å²) in [6.07, 6.45) is 1.14. The van der Waals surface area contributed by atoms with Crippen LogP contribution in [0.25, 0.3) is 11.1 Å². The Morgan fingerprint density at radius 3 is 2.81 bits per heavy atom. The van der Waals surface area contributed by atoms with E-state index < -0.39 is 6.09 Å². The van der Waals surface area contributed by atoms with Crippen molar-refractivity contribution in [3.63, 3.8) is 0 Å². The number of amides is 1. The van der Waals surface area contributed by atoms with Gasteiger partial charge in [0.1, 0.15) is 6.10 Å². The van der Waals surface area contributed by atoms with Gasteiger partial charge in [-0.05, 0) is 69.0 Å². The zero-order valence-electron chi connectivity index (χ0n) is 16.7. The van der Waals surface area contributed by atoms with Crippen LogP contribution in [0.2, 0.25) is 0 Å². The lowest BCUT2D eigenvalue weighted by Gasteiger charge is -2.32. The van der Waals surface area contributed by atoms with Gasteiger partial charge in [-0.3, -0.25) is 4.98 Å². The van der Waals surface area contributed by atoms with Crippen molar-refractivity contribution in [2.45, 2.75) is 58.8 Å². The summed E-state index contributed by atoms with van der Waals surface area (Å²) >= 11 is 0. The molecule has 0 bridgehead atoms. The minimum Gasteiger partial charge on any atom is -0.446 e. The van der Waals surface area contributed by atoms with E-state index in [1.165, 1.54) is 5.56 Å². The summed E-state index contributed by atoms with van der Waals surface area (Å²) in [5.74, 6) is 0.00218. The highest BCUT2D eigenvalue weighted by Gasteiger charge is 2.30. The molecule has 2 heterocycles. The lowest BCUT2D eigenvalue weighted by molar-refractivity contribution is 0.0297. The van der Waals surface area contributed by atoms with Crippen LogP contribution in [0.15, 0.2) is 36.5 Å². The summed E-state index contributed by atoms with van der Waals surface area (Å²) in [5.41, 5.74) is 5.27. The number of aromatic nitrogens is 1. The summed E-state index contributed by atoms with van der Waals surface area (Å²) in [7, 11) is 0. The summed E-state index contributed by atoms with van der Waals surface area (Å²) in [5, 5.41) is 2.85. The maximum atomic E-state index is 12.2. The number of ether oxygens (including phenoxy) is 2. The monoisotopic (exact) mass is 368 g/mol. The van der Waals surface area contributed by atoms with Gasteiger partial charge in [-0.25, -0.2) is 4.79 Å². The average molecular weight is 368 g/mol. The van der Waals surface area contributed by atoms with E-state index in [2.05, 4.69) is 34.6 Å². The minimum absolute atomic E-state index is 0.00218. The van der Waals surface area contributed by atoms with Crippen LogP contribution in [0.1, 0.15) is 50.4 Å². The number of hydrogen-bond donors (Lipinski definition) is 1. The number of hydrogen-bond acceptors (Lipinski definition) is 4. The Hall–Kier alpha value is -2.40. The van der Waals surface area contributed by atoms with Gasteiger partial charge < -0.3 is 14.8 Å². The van der Waals surface area contributed by atoms with E-state index in [1.807, 2.05) is 46.9 Å². The molecular weight excluding hydrogens is 340 g/mol. The molecule has 5 nitrogen and oxygen atoms in total. The summed E-state index contributed by atoms with van der Waals surface area (Å²) < 4.78 is 11.5. The molecule has 1 aromatic carbocycles. The quantitative estimate of drug-likeness (QED) is 0.861. The van der Waals surface area contributed by atoms with Crippen LogP contribution in [0.5, 0.6) is 0 Å². The molecule has 1 amide bonds. The zero-order valence-corrected chi connectivity index (χ0v) is 16.7. The minimum atomic E-state index is -0.400. The van der Waals surface area contributed by atoms with E-state index in [0.29, 0.717) is 13.2 Å². The molecule has 0 radical (unpaired) electrons. The Morgan fingerprint density at radius 2 is 2.11 bits per heavy atom. The first-order chi connectivity index (χ1) is 12.7. The van der Waals surface area contributed by atoms with Gasteiger partial charge in [0.2, 0.25) is 0 Å². The summed E-state index contributed by atoms with van der Waals surface area (Å²) in [6, 6.07) is 10.4. The lowest BCUT2D eigenvalue weighted by atomic mass is 9.85. The topological polar surface area (TPSA) is 60.5 Å². The number of fused-ring (bicyclic) bond motifs is 1. The number of benzene rings is 1. The van der Waals surface area contributed by atoms with E-state index in [0.717, 1.165) is 22.4 Å². The first-order valence-electron chi connectivity index (χ1n) is 9.36. The molecule has 0 saturated carbocycles. The van der Waals surface area contributed by atoms with E-state index in [1.54, 1.807) is 0 Å². The van der Waals surface area contributed by atoms with Crippen molar-refractivity contribution in [2.75, 3.05) is 6.61 Å². The molecule has 2 unspecified atom stereocenters. The van der Waals surface area contributed by atoms with E-state index in [4.69, 9.17) is 9.47 Å². The van der Waals surface area contributed by atoms with Crippen molar-refractivity contribution in [1.29, 1.82) is 0 Å². The fraction of sp³-hybridized carbons (Fsp3) is 0.455. The van der Waals surface area contributed by atoms with Gasteiger partial charge in [0.15, 0.2) is 0 Å². The third kappa shape index (κ3) is 4.66. The number of carbonyl (C=O) groups excluding carboxylic acids is 1. The van der Waals surface area contributed by atoms with E-state index in [9.17, 15) is 4.79 Å². The van der Waals surface area contributed by atoms with E-state index >= 15 is 0 Å². The molecule has 5 heteroatoms. The standard InChI is InChI=1S/C22H28N2O3/c1-14-11-16(9-10-23-14)17-7-6-8-18-19(12-26-13-20(17)18)15(2)27-21(25)24-22(3,4)5/h6-11,15,19H,12-13H2,1-5H3,(H,24,25). The van der Waals surface area contributed by atoms with Crippen molar-refractivity contribution >= 4 is 6.09 Å². The van der Waals surface area contributed by atoms with Crippen molar-refractivity contribution in [3.8, 4) is 11.1 Å². The molecule has 1 aliphatic heterocycles. The number of alkyl carbamates (subject to hydrolysis) is 1. The first kappa shape index (κ1) is 19.4. The number of rotatable bonds is 3. The van der Waals surface area contributed by atoms with Crippen molar-refractivity contribution in [2.24, 2.45) is 0 Å². The molecule has 27 heavy (non-hydrogen) atoms. The number of nitrogens with one attached hydrogen (secondary N) is 1. The molecule has 0 saturated heterocycles. The maximum absolute atomic E-state index is 12.2. The van der Waals surface area contributed by atoms with Gasteiger partial charge in [0, 0.05) is 23.3 Å². The van der Waals surface area contributed by atoms with Gasteiger partial charge in [0.25, 0.3) is 0 Å². The number of carbonyl (C=O) groups is 1. The molecular formula is C22H28N2O3. The van der Waals surface area contributed by atoms with Crippen molar-refractivity contribution in [3.05, 3.63) is 53.3 Å². The lowest BCUT2D eigenvalue weighted by Crippen LogP contribution is -2.43. The molecule has 3 rings (SSSR count). The van der Waals surface area contributed by atoms with Crippen molar-refractivity contribution in [1.82, 2.24) is 10.3 Å². The largest absolute Gasteiger partial charge is 0.446 e. The fourth-order valence-corrected chi connectivity index (χ4v) is 3.45. The second kappa shape index (κ2) is 7.69. The van der Waals surface area contributed by atoms with Crippen molar-refractivity contribution < 1.29 is 14.3 Å². The number of pyridine rings is 1. The van der Waals surface area contributed by atoms with Gasteiger partial charge in [-0.2, -0.15) is 0 Å². The van der Waals surface area contributed by atoms with Crippen LogP contribution in [0.3, 0.4) is 0 Å². The van der Waals surface area contributed by atoms with Gasteiger partial charge in [0.05, 0.1) is 13.2 Å². The number of nitrogens with zero attached hydrogens (tertiary/aromatic N) is 1. The predicted molar refractivity (Wildman–Crippen MR) is 106 cm³/mol. The average Bonchev–Trinajstić information content (AvgIpc) is 2.59. The Morgan fingerprint density at radius 1 is 1.33 bits per heavy atom. The second-order valence-corrected chi connectivity index (χ2v) is 8.17. The van der Waals surface area contributed by atoms with Crippen LogP contribution >= 0.6 is 0 Å². The Bertz CT molecular complexity index is 827. The van der Waals surface area contributed by atoms with Crippen LogP contribution in [-0.4, -0.2) is 29.3 Å². The molecule has 1 aromatic heterocycles. The Kier molecular flexibility index (Phi) is 5.51. The molecule has 0 fully saturated rings. The molecule has 0 spiro atoms. The van der Waals surface area contributed by atoms with Crippen LogP contribution < -0.4 is 5.32 Å². The maximum Gasteiger partial charge on any atom is 0.407 e. The smallest absolute Gasteiger partial charge is 0.407 e. The first-order valence-corrected chi connectivity index (χ1v) is 9.36. The molecule has 2 aromatic rings. The molecule has 1 N–H and O–H groups in total. The van der Waals surface area contributed by atoms with Gasteiger partial charge >= 0.3 is 6.09 Å². The third-order valence-corrected chi connectivity index (χ3v) is 4.70. The normalized spacial score (nSPS) is 17.7. The third-order valence-electron chi connectivity index (χ3n) is 4.70. The summed E-state index contributed by atoms with van der Waals surface area (Å²) in [6.45, 7) is 10.8. The van der Waals surface area contributed by atoms with Crippen LogP contribution in [0.4, 0.5) is 4.79 Å².